The van der Waals surface area contributed by atoms with E-state index in [1.165, 1.54) is 0 Å². The Bertz CT molecular complexity index is 711. The zero-order chi connectivity index (χ0) is 15.3. The molecule has 0 heterocycles. The molecule has 0 unspecified atom stereocenters. The van der Waals surface area contributed by atoms with E-state index in [-0.39, 0.29) is 18.1 Å². The van der Waals surface area contributed by atoms with Crippen LogP contribution < -0.4 is 10.5 Å². The molecule has 0 fully saturated rings. The van der Waals surface area contributed by atoms with E-state index in [9.17, 15) is 8.42 Å². The molecule has 2 rings (SSSR count). The van der Waals surface area contributed by atoms with Crippen LogP contribution in [-0.4, -0.2) is 26.5 Å². The number of hydrogen-bond acceptors (Lipinski definition) is 4. The van der Waals surface area contributed by atoms with Gasteiger partial charge in [-0.05, 0) is 23.3 Å². The van der Waals surface area contributed by atoms with Crippen LogP contribution in [0.4, 0.5) is 0 Å². The quantitative estimate of drug-likeness (QED) is 0.853. The van der Waals surface area contributed by atoms with Gasteiger partial charge in [-0.15, -0.1) is 0 Å². The highest BCUT2D eigenvalue weighted by atomic mass is 32.2. The molecule has 0 aliphatic heterocycles. The maximum absolute atomic E-state index is 11.7. The van der Waals surface area contributed by atoms with E-state index in [4.69, 9.17) is 10.5 Å². The van der Waals surface area contributed by atoms with Crippen molar-refractivity contribution in [1.82, 2.24) is 0 Å². The summed E-state index contributed by atoms with van der Waals surface area (Å²) in [6, 6.07) is 11.8. The van der Waals surface area contributed by atoms with Crippen molar-refractivity contribution in [3.63, 3.8) is 0 Å². The highest BCUT2D eigenvalue weighted by molar-refractivity contribution is 7.91. The number of ether oxygens (including phenoxy) is 1. The Hall–Kier alpha value is -1.59. The first-order chi connectivity index (χ1) is 10.1. The Balaban J connectivity index is 2.15. The third-order valence-electron chi connectivity index (χ3n) is 3.37. The van der Waals surface area contributed by atoms with Crippen LogP contribution in [0.1, 0.15) is 18.9 Å². The third-order valence-corrected chi connectivity index (χ3v) is 5.19. The van der Waals surface area contributed by atoms with Crippen molar-refractivity contribution in [2.24, 2.45) is 5.73 Å². The molecule has 0 saturated carbocycles. The van der Waals surface area contributed by atoms with Gasteiger partial charge < -0.3 is 10.5 Å². The minimum absolute atomic E-state index is 0.0394. The van der Waals surface area contributed by atoms with Gasteiger partial charge in [0.05, 0.1) is 11.5 Å². The van der Waals surface area contributed by atoms with Crippen LogP contribution in [0.2, 0.25) is 0 Å². The van der Waals surface area contributed by atoms with Crippen LogP contribution in [0.5, 0.6) is 5.75 Å². The number of hydrogen-bond donors (Lipinski definition) is 1. The number of nitrogens with two attached hydrogens (primary N) is 1. The largest absolute Gasteiger partial charge is 0.492 e. The summed E-state index contributed by atoms with van der Waals surface area (Å²) in [5.74, 6) is 0.915. The summed E-state index contributed by atoms with van der Waals surface area (Å²) in [5.41, 5.74) is 6.74. The number of sulfone groups is 1. The normalized spacial score (nSPS) is 11.7. The minimum Gasteiger partial charge on any atom is -0.492 e. The fourth-order valence-electron chi connectivity index (χ4n) is 2.35. The van der Waals surface area contributed by atoms with Gasteiger partial charge in [-0.1, -0.05) is 37.3 Å². The molecular weight excluding hydrogens is 286 g/mol. The van der Waals surface area contributed by atoms with Crippen molar-refractivity contribution in [3.8, 4) is 5.75 Å². The maximum atomic E-state index is 11.7. The predicted molar refractivity (Wildman–Crippen MR) is 86.3 cm³/mol. The Morgan fingerprint density at radius 2 is 1.86 bits per heavy atom. The average Bonchev–Trinajstić information content (AvgIpc) is 2.46. The van der Waals surface area contributed by atoms with Gasteiger partial charge in [0, 0.05) is 12.1 Å². The summed E-state index contributed by atoms with van der Waals surface area (Å²) >= 11 is 0. The zero-order valence-electron chi connectivity index (χ0n) is 12.2. The molecule has 21 heavy (non-hydrogen) atoms. The van der Waals surface area contributed by atoms with E-state index >= 15 is 0 Å². The molecule has 4 nitrogen and oxygen atoms in total. The molecule has 5 heteroatoms. The number of benzene rings is 2. The summed E-state index contributed by atoms with van der Waals surface area (Å²) in [7, 11) is -3.02. The van der Waals surface area contributed by atoms with E-state index in [2.05, 4.69) is 0 Å². The fourth-order valence-corrected chi connectivity index (χ4v) is 3.52. The molecule has 114 valence electrons. The molecule has 0 bridgehead atoms. The van der Waals surface area contributed by atoms with Crippen LogP contribution in [0.25, 0.3) is 10.8 Å². The first-order valence-electron chi connectivity index (χ1n) is 7.11. The van der Waals surface area contributed by atoms with Crippen molar-refractivity contribution < 1.29 is 13.2 Å². The summed E-state index contributed by atoms with van der Waals surface area (Å²) in [4.78, 5) is 0. The van der Waals surface area contributed by atoms with Crippen LogP contribution in [0.15, 0.2) is 36.4 Å². The molecule has 0 aliphatic carbocycles. The molecule has 0 radical (unpaired) electrons. The van der Waals surface area contributed by atoms with Gasteiger partial charge in [0.25, 0.3) is 0 Å². The molecule has 0 saturated heterocycles. The lowest BCUT2D eigenvalue weighted by Crippen LogP contribution is -2.17. The Kier molecular flexibility index (Phi) is 5.20. The highest BCUT2D eigenvalue weighted by Gasteiger charge is 2.11. The van der Waals surface area contributed by atoms with Crippen molar-refractivity contribution >= 4 is 20.6 Å². The first kappa shape index (κ1) is 15.8. The Morgan fingerprint density at radius 1 is 1.10 bits per heavy atom. The first-order valence-corrected chi connectivity index (χ1v) is 8.93. The van der Waals surface area contributed by atoms with E-state index in [0.29, 0.717) is 18.7 Å². The molecule has 0 aliphatic rings. The lowest BCUT2D eigenvalue weighted by atomic mass is 10.0. The van der Waals surface area contributed by atoms with Crippen LogP contribution in [0.3, 0.4) is 0 Å². The Morgan fingerprint density at radius 3 is 2.57 bits per heavy atom. The lowest BCUT2D eigenvalue weighted by Gasteiger charge is -2.13. The minimum atomic E-state index is -3.02. The van der Waals surface area contributed by atoms with Crippen molar-refractivity contribution in [2.45, 2.75) is 19.9 Å². The average molecular weight is 307 g/mol. The summed E-state index contributed by atoms with van der Waals surface area (Å²) < 4.78 is 29.0. The smallest absolute Gasteiger partial charge is 0.153 e. The molecule has 2 aromatic carbocycles. The van der Waals surface area contributed by atoms with Crippen molar-refractivity contribution in [3.05, 3.63) is 42.0 Å². The van der Waals surface area contributed by atoms with Gasteiger partial charge in [0.1, 0.15) is 12.4 Å². The van der Waals surface area contributed by atoms with E-state index in [1.54, 1.807) is 0 Å². The SMILES string of the molecule is CCCS(=O)(=O)CCOc1ccc2ccccc2c1CN. The van der Waals surface area contributed by atoms with Crippen molar-refractivity contribution in [2.75, 3.05) is 18.1 Å². The third kappa shape index (κ3) is 3.95. The number of rotatable bonds is 7. The second-order valence-corrected chi connectivity index (χ2v) is 7.27. The van der Waals surface area contributed by atoms with Gasteiger partial charge in [-0.3, -0.25) is 0 Å². The standard InChI is InChI=1S/C16H21NO3S/c1-2-10-21(18,19)11-9-20-16-8-7-13-5-3-4-6-14(13)15(16)12-17/h3-8H,2,9-12,17H2,1H3. The molecule has 0 amide bonds. The monoisotopic (exact) mass is 307 g/mol. The fraction of sp³-hybridized carbons (Fsp3) is 0.375. The summed E-state index contributed by atoms with van der Waals surface area (Å²) in [6.45, 7) is 2.38. The molecule has 2 N–H and O–H groups in total. The zero-order valence-corrected chi connectivity index (χ0v) is 13.0. The molecule has 0 aromatic heterocycles. The van der Waals surface area contributed by atoms with Crippen LogP contribution >= 0.6 is 0 Å². The van der Waals surface area contributed by atoms with Gasteiger partial charge in [0.2, 0.25) is 0 Å². The number of fused-ring (bicyclic) bond motifs is 1. The van der Waals surface area contributed by atoms with E-state index in [0.717, 1.165) is 16.3 Å². The highest BCUT2D eigenvalue weighted by Crippen LogP contribution is 2.27. The van der Waals surface area contributed by atoms with Crippen LogP contribution in [0, 0.1) is 0 Å². The predicted octanol–water partition coefficient (Wildman–Crippen LogP) is 2.50. The van der Waals surface area contributed by atoms with Crippen molar-refractivity contribution in [1.29, 1.82) is 0 Å². The second-order valence-electron chi connectivity index (χ2n) is 4.97. The van der Waals surface area contributed by atoms with E-state index in [1.807, 2.05) is 43.3 Å². The molecule has 2 aromatic rings. The maximum Gasteiger partial charge on any atom is 0.153 e. The van der Waals surface area contributed by atoms with Gasteiger partial charge >= 0.3 is 0 Å². The summed E-state index contributed by atoms with van der Waals surface area (Å²) in [6.07, 6.45) is 0.631. The van der Waals surface area contributed by atoms with Crippen LogP contribution in [-0.2, 0) is 16.4 Å². The molecule has 0 atom stereocenters. The van der Waals surface area contributed by atoms with Gasteiger partial charge in [0.15, 0.2) is 9.84 Å². The van der Waals surface area contributed by atoms with Gasteiger partial charge in [-0.25, -0.2) is 8.42 Å². The van der Waals surface area contributed by atoms with E-state index < -0.39 is 9.84 Å². The molecular formula is C16H21NO3S. The lowest BCUT2D eigenvalue weighted by molar-refractivity contribution is 0.338. The second kappa shape index (κ2) is 6.91. The summed E-state index contributed by atoms with van der Waals surface area (Å²) in [5, 5.41) is 2.15. The Labute approximate surface area is 125 Å². The molecule has 0 spiro atoms. The topological polar surface area (TPSA) is 69.4 Å². The van der Waals surface area contributed by atoms with Gasteiger partial charge in [-0.2, -0.15) is 0 Å².